The minimum Gasteiger partial charge on any atom is -0.352 e. The Morgan fingerprint density at radius 3 is 2.74 bits per heavy atom. The number of primary amides is 1. The van der Waals surface area contributed by atoms with Crippen LogP contribution in [0.3, 0.4) is 0 Å². The molecule has 2 aromatic rings. The number of thiophene rings is 1. The zero-order valence-corrected chi connectivity index (χ0v) is 13.5. The van der Waals surface area contributed by atoms with Crippen molar-refractivity contribution in [2.24, 2.45) is 5.73 Å². The highest BCUT2D eigenvalue weighted by atomic mass is 32.1. The first-order chi connectivity index (χ1) is 11.0. The lowest BCUT2D eigenvalue weighted by Crippen LogP contribution is -2.36. The molecular weight excluding hydrogens is 317 g/mol. The molecule has 0 saturated heterocycles. The number of nitrogens with one attached hydrogen (secondary N) is 1. The highest BCUT2D eigenvalue weighted by Gasteiger charge is 2.20. The van der Waals surface area contributed by atoms with E-state index >= 15 is 0 Å². The van der Waals surface area contributed by atoms with Crippen LogP contribution in [-0.2, 0) is 11.3 Å². The zero-order chi connectivity index (χ0) is 16.8. The lowest BCUT2D eigenvalue weighted by atomic mass is 10.1. The fourth-order valence-corrected chi connectivity index (χ4v) is 2.99. The van der Waals surface area contributed by atoms with Gasteiger partial charge in [-0.1, -0.05) is 18.2 Å². The molecule has 0 bridgehead atoms. The second-order valence-corrected chi connectivity index (χ2v) is 6.14. The number of hydrogen-bond donors (Lipinski definition) is 2. The van der Waals surface area contributed by atoms with Gasteiger partial charge in [0.1, 0.15) is 5.82 Å². The molecule has 0 spiro atoms. The van der Waals surface area contributed by atoms with Crippen molar-refractivity contribution >= 4 is 23.3 Å². The zero-order valence-electron chi connectivity index (χ0n) is 12.7. The van der Waals surface area contributed by atoms with Gasteiger partial charge in [0.05, 0.1) is 12.5 Å². The van der Waals surface area contributed by atoms with E-state index in [-0.39, 0.29) is 18.1 Å². The van der Waals surface area contributed by atoms with E-state index in [1.165, 1.54) is 28.4 Å². The predicted molar refractivity (Wildman–Crippen MR) is 87.3 cm³/mol. The molecule has 1 atom stereocenters. The molecule has 0 aliphatic rings. The van der Waals surface area contributed by atoms with Gasteiger partial charge in [0.15, 0.2) is 0 Å². The first-order valence-electron chi connectivity index (χ1n) is 7.03. The second kappa shape index (κ2) is 7.73. The minimum atomic E-state index is -0.677. The average Bonchev–Trinajstić information content (AvgIpc) is 3.00. The van der Waals surface area contributed by atoms with Gasteiger partial charge in [0.2, 0.25) is 5.91 Å². The maximum Gasteiger partial charge on any atom is 0.312 e. The summed E-state index contributed by atoms with van der Waals surface area (Å²) in [4.78, 5) is 25.9. The molecule has 2 rings (SSSR count). The molecule has 1 aromatic heterocycles. The maximum atomic E-state index is 13.2. The molecule has 0 radical (unpaired) electrons. The fraction of sp³-hybridized carbons (Fsp3) is 0.250. The van der Waals surface area contributed by atoms with Crippen LogP contribution >= 0.6 is 11.3 Å². The van der Waals surface area contributed by atoms with Crippen LogP contribution in [0.4, 0.5) is 9.18 Å². The Morgan fingerprint density at radius 1 is 1.35 bits per heavy atom. The van der Waals surface area contributed by atoms with Crippen LogP contribution < -0.4 is 11.1 Å². The van der Waals surface area contributed by atoms with E-state index in [1.807, 2.05) is 17.5 Å². The van der Waals surface area contributed by atoms with Crippen molar-refractivity contribution in [3.63, 3.8) is 0 Å². The molecule has 3 amide bonds. The average molecular weight is 335 g/mol. The van der Waals surface area contributed by atoms with Crippen LogP contribution in [0.2, 0.25) is 0 Å². The summed E-state index contributed by atoms with van der Waals surface area (Å²) in [7, 11) is 1.64. The van der Waals surface area contributed by atoms with Gasteiger partial charge in [-0.15, -0.1) is 11.3 Å². The van der Waals surface area contributed by atoms with E-state index in [1.54, 1.807) is 19.2 Å². The number of carbonyl (C=O) groups is 2. The SMILES string of the molecule is CN(Cc1cccc(F)c1)C(=O)CC(NC(N)=O)c1cccs1. The van der Waals surface area contributed by atoms with Crippen molar-refractivity contribution in [2.75, 3.05) is 7.05 Å². The van der Waals surface area contributed by atoms with E-state index in [2.05, 4.69) is 5.32 Å². The number of benzene rings is 1. The summed E-state index contributed by atoms with van der Waals surface area (Å²) in [6.07, 6.45) is 0.0925. The lowest BCUT2D eigenvalue weighted by Gasteiger charge is -2.21. The number of carbonyl (C=O) groups excluding carboxylic acids is 2. The van der Waals surface area contributed by atoms with Crippen molar-refractivity contribution in [1.29, 1.82) is 0 Å². The van der Waals surface area contributed by atoms with Crippen molar-refractivity contribution in [2.45, 2.75) is 19.0 Å². The summed E-state index contributed by atoms with van der Waals surface area (Å²) in [6, 6.07) is 8.65. The number of nitrogens with zero attached hydrogens (tertiary/aromatic N) is 1. The van der Waals surface area contributed by atoms with E-state index in [0.29, 0.717) is 12.1 Å². The van der Waals surface area contributed by atoms with Gasteiger partial charge in [-0.25, -0.2) is 9.18 Å². The number of amides is 3. The van der Waals surface area contributed by atoms with Gasteiger partial charge >= 0.3 is 6.03 Å². The Morgan fingerprint density at radius 2 is 2.13 bits per heavy atom. The molecule has 1 heterocycles. The number of halogens is 1. The molecule has 0 aliphatic carbocycles. The highest BCUT2D eigenvalue weighted by molar-refractivity contribution is 7.10. The van der Waals surface area contributed by atoms with Gasteiger partial charge in [-0.2, -0.15) is 0 Å². The van der Waals surface area contributed by atoms with Crippen molar-refractivity contribution < 1.29 is 14.0 Å². The summed E-state index contributed by atoms with van der Waals surface area (Å²) < 4.78 is 13.2. The Balaban J connectivity index is 2.01. The molecular formula is C16H18FN3O2S. The van der Waals surface area contributed by atoms with Gasteiger partial charge in [-0.3, -0.25) is 4.79 Å². The third-order valence-corrected chi connectivity index (χ3v) is 4.30. The van der Waals surface area contributed by atoms with Crippen LogP contribution in [0, 0.1) is 5.82 Å². The number of rotatable bonds is 6. The van der Waals surface area contributed by atoms with E-state index in [4.69, 9.17) is 5.73 Å². The van der Waals surface area contributed by atoms with Crippen molar-refractivity contribution in [3.8, 4) is 0 Å². The van der Waals surface area contributed by atoms with Crippen molar-refractivity contribution in [3.05, 3.63) is 58.0 Å². The normalized spacial score (nSPS) is 11.7. The molecule has 3 N–H and O–H groups in total. The third kappa shape index (κ3) is 5.07. The van der Waals surface area contributed by atoms with E-state index in [0.717, 1.165) is 4.88 Å². The smallest absolute Gasteiger partial charge is 0.312 e. The fourth-order valence-electron chi connectivity index (χ4n) is 2.21. The Labute approximate surface area is 137 Å². The van der Waals surface area contributed by atoms with Crippen molar-refractivity contribution in [1.82, 2.24) is 10.2 Å². The number of hydrogen-bond acceptors (Lipinski definition) is 3. The molecule has 7 heteroatoms. The maximum absolute atomic E-state index is 13.2. The molecule has 0 saturated carbocycles. The van der Waals surface area contributed by atoms with Gasteiger partial charge < -0.3 is 16.0 Å². The highest BCUT2D eigenvalue weighted by Crippen LogP contribution is 2.23. The first kappa shape index (κ1) is 17.0. The molecule has 122 valence electrons. The first-order valence-corrected chi connectivity index (χ1v) is 7.91. The topological polar surface area (TPSA) is 75.4 Å². The minimum absolute atomic E-state index is 0.0925. The second-order valence-electron chi connectivity index (χ2n) is 5.16. The lowest BCUT2D eigenvalue weighted by molar-refractivity contribution is -0.130. The van der Waals surface area contributed by atoms with Crippen LogP contribution in [0.1, 0.15) is 22.9 Å². The predicted octanol–water partition coefficient (Wildman–Crippen LogP) is 2.65. The summed E-state index contributed by atoms with van der Waals surface area (Å²) in [5.74, 6) is -0.503. The monoisotopic (exact) mass is 335 g/mol. The van der Waals surface area contributed by atoms with Crippen LogP contribution in [0.15, 0.2) is 41.8 Å². The largest absolute Gasteiger partial charge is 0.352 e. The molecule has 1 unspecified atom stereocenters. The summed E-state index contributed by atoms with van der Waals surface area (Å²) >= 11 is 1.44. The van der Waals surface area contributed by atoms with E-state index in [9.17, 15) is 14.0 Å². The van der Waals surface area contributed by atoms with E-state index < -0.39 is 12.1 Å². The van der Waals surface area contributed by atoms with Gasteiger partial charge in [-0.05, 0) is 29.1 Å². The van der Waals surface area contributed by atoms with Crippen LogP contribution in [-0.4, -0.2) is 23.9 Å². The standard InChI is InChI=1S/C16H18FN3O2S/c1-20(10-11-4-2-5-12(17)8-11)15(21)9-13(19-16(18)22)14-6-3-7-23-14/h2-8,13H,9-10H2,1H3,(H3,18,19,22). The Kier molecular flexibility index (Phi) is 5.70. The molecule has 5 nitrogen and oxygen atoms in total. The molecule has 0 aliphatic heterocycles. The number of urea groups is 1. The molecule has 1 aromatic carbocycles. The Hall–Kier alpha value is -2.41. The molecule has 23 heavy (non-hydrogen) atoms. The summed E-state index contributed by atoms with van der Waals surface area (Å²) in [5.41, 5.74) is 5.88. The van der Waals surface area contributed by atoms with Gasteiger partial charge in [0, 0.05) is 18.5 Å². The summed E-state index contributed by atoms with van der Waals surface area (Å²) in [6.45, 7) is 0.296. The Bertz CT molecular complexity index is 676. The third-order valence-electron chi connectivity index (χ3n) is 3.32. The van der Waals surface area contributed by atoms with Crippen LogP contribution in [0.5, 0.6) is 0 Å². The van der Waals surface area contributed by atoms with Crippen LogP contribution in [0.25, 0.3) is 0 Å². The number of nitrogens with two attached hydrogens (primary N) is 1. The molecule has 0 fully saturated rings. The summed E-state index contributed by atoms with van der Waals surface area (Å²) in [5, 5.41) is 4.45. The quantitative estimate of drug-likeness (QED) is 0.851. The van der Waals surface area contributed by atoms with Gasteiger partial charge in [0.25, 0.3) is 0 Å².